The predicted octanol–water partition coefficient (Wildman–Crippen LogP) is 2.41. The molecule has 0 unspecified atom stereocenters. The summed E-state index contributed by atoms with van der Waals surface area (Å²) in [5.74, 6) is 0.154. The molecule has 0 aliphatic carbocycles. The highest BCUT2D eigenvalue weighted by Crippen LogP contribution is 2.16. The highest BCUT2D eigenvalue weighted by atomic mass is 16.2. The van der Waals surface area contributed by atoms with Gasteiger partial charge in [0.05, 0.1) is 0 Å². The molecule has 18 heavy (non-hydrogen) atoms. The Kier molecular flexibility index (Phi) is 5.35. The van der Waals surface area contributed by atoms with E-state index in [0.29, 0.717) is 6.04 Å². The molecule has 3 heteroatoms. The van der Waals surface area contributed by atoms with E-state index in [2.05, 4.69) is 19.0 Å². The van der Waals surface area contributed by atoms with Crippen LogP contribution >= 0.6 is 0 Å². The Morgan fingerprint density at radius 1 is 1.28 bits per heavy atom. The summed E-state index contributed by atoms with van der Waals surface area (Å²) in [7, 11) is 4.11. The van der Waals surface area contributed by atoms with E-state index in [1.54, 1.807) is 0 Å². The number of hydrogen-bond acceptors (Lipinski definition) is 2. The number of rotatable bonds is 2. The van der Waals surface area contributed by atoms with Gasteiger partial charge in [0, 0.05) is 24.7 Å². The second kappa shape index (κ2) is 6.55. The third-order valence-electron chi connectivity index (χ3n) is 3.14. The summed E-state index contributed by atoms with van der Waals surface area (Å²) in [6.07, 6.45) is 0. The molecule has 0 N–H and O–H groups in total. The van der Waals surface area contributed by atoms with E-state index in [4.69, 9.17) is 0 Å². The number of amides is 1. The maximum atomic E-state index is 12.1. The molecule has 1 aromatic rings. The first-order valence-corrected chi connectivity index (χ1v) is 6.60. The number of benzene rings is 1. The van der Waals surface area contributed by atoms with Crippen LogP contribution in [0.5, 0.6) is 0 Å². The van der Waals surface area contributed by atoms with Crippen molar-refractivity contribution in [1.82, 2.24) is 9.80 Å². The largest absolute Gasteiger partial charge is 0.335 e. The lowest BCUT2D eigenvalue weighted by atomic mass is 10.0. The summed E-state index contributed by atoms with van der Waals surface area (Å²) in [5, 5.41) is 0. The van der Waals surface area contributed by atoms with Crippen molar-refractivity contribution in [3.63, 3.8) is 0 Å². The first-order chi connectivity index (χ1) is 8.58. The zero-order valence-electron chi connectivity index (χ0n) is 12.1. The van der Waals surface area contributed by atoms with Crippen molar-refractivity contribution >= 4 is 5.91 Å². The number of nitrogens with zero attached hydrogens (tertiary/aromatic N) is 2. The van der Waals surface area contributed by atoms with Crippen molar-refractivity contribution < 1.29 is 4.79 Å². The molecule has 100 valence electrons. The minimum Gasteiger partial charge on any atom is -0.335 e. The third-order valence-corrected chi connectivity index (χ3v) is 3.14. The van der Waals surface area contributed by atoms with Crippen LogP contribution in [0.2, 0.25) is 0 Å². The zero-order valence-corrected chi connectivity index (χ0v) is 12.1. The molecule has 1 heterocycles. The van der Waals surface area contributed by atoms with E-state index in [9.17, 15) is 4.79 Å². The second-order valence-electron chi connectivity index (χ2n) is 4.70. The molecule has 3 nitrogen and oxygen atoms in total. The Bertz CT molecular complexity index is 395. The molecular weight excluding hydrogens is 224 g/mol. The molecule has 0 aromatic heterocycles. The van der Waals surface area contributed by atoms with Crippen LogP contribution in [0.4, 0.5) is 0 Å². The Balaban J connectivity index is 0.000000771. The first-order valence-electron chi connectivity index (χ1n) is 6.60. The summed E-state index contributed by atoms with van der Waals surface area (Å²) in [6, 6.07) is 8.30. The summed E-state index contributed by atoms with van der Waals surface area (Å²) in [6.45, 7) is 7.70. The molecule has 0 bridgehead atoms. The SMILES string of the molecule is CC.Cc1cccc(C(=O)N2CC(N(C)C)C2)c1. The normalized spacial score (nSPS) is 14.9. The first kappa shape index (κ1) is 14.7. The lowest BCUT2D eigenvalue weighted by Gasteiger charge is -2.42. The van der Waals surface area contributed by atoms with Crippen LogP contribution < -0.4 is 0 Å². The molecule has 0 saturated carbocycles. The topological polar surface area (TPSA) is 23.6 Å². The van der Waals surface area contributed by atoms with E-state index < -0.39 is 0 Å². The van der Waals surface area contributed by atoms with Crippen molar-refractivity contribution in [2.24, 2.45) is 0 Å². The average molecular weight is 248 g/mol. The van der Waals surface area contributed by atoms with Gasteiger partial charge < -0.3 is 9.80 Å². The molecule has 1 aliphatic rings. The fourth-order valence-corrected chi connectivity index (χ4v) is 1.91. The van der Waals surface area contributed by atoms with Crippen molar-refractivity contribution in [2.45, 2.75) is 26.8 Å². The van der Waals surface area contributed by atoms with E-state index in [1.165, 1.54) is 0 Å². The van der Waals surface area contributed by atoms with Gasteiger partial charge >= 0.3 is 0 Å². The summed E-state index contributed by atoms with van der Waals surface area (Å²) in [5.41, 5.74) is 1.94. The van der Waals surface area contributed by atoms with Gasteiger partial charge in [-0.1, -0.05) is 31.5 Å². The molecule has 2 rings (SSSR count). The van der Waals surface area contributed by atoms with E-state index in [0.717, 1.165) is 24.2 Å². The van der Waals surface area contributed by atoms with Crippen LogP contribution in [0.15, 0.2) is 24.3 Å². The van der Waals surface area contributed by atoms with Crippen LogP contribution in [-0.2, 0) is 0 Å². The average Bonchev–Trinajstić information content (AvgIpc) is 2.29. The number of likely N-dealkylation sites (N-methyl/N-ethyl adjacent to an activating group) is 1. The lowest BCUT2D eigenvalue weighted by Crippen LogP contribution is -2.59. The summed E-state index contributed by atoms with van der Waals surface area (Å²) >= 11 is 0. The quantitative estimate of drug-likeness (QED) is 0.802. The standard InChI is InChI=1S/C13H18N2O.C2H6/c1-10-5-4-6-11(7-10)13(16)15-8-12(9-15)14(2)3;1-2/h4-7,12H,8-9H2,1-3H3;1-2H3. The Morgan fingerprint density at radius 3 is 2.39 bits per heavy atom. The highest BCUT2D eigenvalue weighted by molar-refractivity contribution is 5.95. The van der Waals surface area contributed by atoms with Gasteiger partial charge in [0.15, 0.2) is 0 Å². The van der Waals surface area contributed by atoms with Crippen LogP contribution in [0, 0.1) is 6.92 Å². The maximum absolute atomic E-state index is 12.1. The van der Waals surface area contributed by atoms with E-state index in [-0.39, 0.29) is 5.91 Å². The van der Waals surface area contributed by atoms with Gasteiger partial charge in [-0.25, -0.2) is 0 Å². The van der Waals surface area contributed by atoms with Crippen molar-refractivity contribution in [3.05, 3.63) is 35.4 Å². The van der Waals surface area contributed by atoms with Gasteiger partial charge in [-0.2, -0.15) is 0 Å². The molecule has 1 aliphatic heterocycles. The third kappa shape index (κ3) is 3.33. The minimum atomic E-state index is 0.154. The van der Waals surface area contributed by atoms with Crippen LogP contribution in [0.1, 0.15) is 29.8 Å². The number of carbonyl (C=O) groups excluding carboxylic acids is 1. The van der Waals surface area contributed by atoms with E-state index >= 15 is 0 Å². The smallest absolute Gasteiger partial charge is 0.253 e. The monoisotopic (exact) mass is 248 g/mol. The van der Waals surface area contributed by atoms with Crippen LogP contribution in [-0.4, -0.2) is 48.9 Å². The highest BCUT2D eigenvalue weighted by Gasteiger charge is 2.32. The number of hydrogen-bond donors (Lipinski definition) is 0. The number of likely N-dealkylation sites (tertiary alicyclic amines) is 1. The predicted molar refractivity (Wildman–Crippen MR) is 75.9 cm³/mol. The minimum absolute atomic E-state index is 0.154. The van der Waals surface area contributed by atoms with Gasteiger partial charge in [0.25, 0.3) is 5.91 Å². The zero-order chi connectivity index (χ0) is 13.7. The summed E-state index contributed by atoms with van der Waals surface area (Å²) in [4.78, 5) is 16.1. The van der Waals surface area contributed by atoms with Crippen LogP contribution in [0.25, 0.3) is 0 Å². The Morgan fingerprint density at radius 2 is 1.89 bits per heavy atom. The number of carbonyl (C=O) groups is 1. The van der Waals surface area contributed by atoms with Crippen molar-refractivity contribution in [1.29, 1.82) is 0 Å². The van der Waals surface area contributed by atoms with Gasteiger partial charge in [-0.3, -0.25) is 4.79 Å². The molecule has 1 saturated heterocycles. The lowest BCUT2D eigenvalue weighted by molar-refractivity contribution is 0.0399. The fraction of sp³-hybridized carbons (Fsp3) is 0.533. The van der Waals surface area contributed by atoms with Crippen molar-refractivity contribution in [2.75, 3.05) is 27.2 Å². The Hall–Kier alpha value is -1.35. The maximum Gasteiger partial charge on any atom is 0.253 e. The molecule has 0 spiro atoms. The summed E-state index contributed by atoms with van der Waals surface area (Å²) < 4.78 is 0. The molecular formula is C15H24N2O. The second-order valence-corrected chi connectivity index (χ2v) is 4.70. The van der Waals surface area contributed by atoms with Gasteiger partial charge in [-0.15, -0.1) is 0 Å². The van der Waals surface area contributed by atoms with Gasteiger partial charge in [-0.05, 0) is 33.2 Å². The molecule has 0 atom stereocenters. The molecule has 1 amide bonds. The number of aryl methyl sites for hydroxylation is 1. The van der Waals surface area contributed by atoms with Gasteiger partial charge in [0.1, 0.15) is 0 Å². The molecule has 1 fully saturated rings. The molecule has 1 aromatic carbocycles. The van der Waals surface area contributed by atoms with E-state index in [1.807, 2.05) is 49.9 Å². The fourth-order valence-electron chi connectivity index (χ4n) is 1.91. The Labute approximate surface area is 110 Å². The molecule has 0 radical (unpaired) electrons. The van der Waals surface area contributed by atoms with Gasteiger partial charge in [0.2, 0.25) is 0 Å². The van der Waals surface area contributed by atoms with Crippen molar-refractivity contribution in [3.8, 4) is 0 Å². The van der Waals surface area contributed by atoms with Crippen LogP contribution in [0.3, 0.4) is 0 Å².